The second kappa shape index (κ2) is 6.71. The smallest absolute Gasteiger partial charge is 0.246 e. The van der Waals surface area contributed by atoms with Gasteiger partial charge in [-0.3, -0.25) is 9.59 Å². The zero-order valence-corrected chi connectivity index (χ0v) is 12.3. The lowest BCUT2D eigenvalue weighted by Crippen LogP contribution is -2.27. The first-order valence-corrected chi connectivity index (χ1v) is 7.36. The van der Waals surface area contributed by atoms with Crippen LogP contribution in [0.15, 0.2) is 29.3 Å². The Balaban J connectivity index is 2.17. The van der Waals surface area contributed by atoms with Crippen LogP contribution in [-0.4, -0.2) is 18.1 Å². The van der Waals surface area contributed by atoms with E-state index in [2.05, 4.69) is 12.2 Å². The van der Waals surface area contributed by atoms with Crippen LogP contribution < -0.4 is 5.32 Å². The molecule has 0 aromatic heterocycles. The molecule has 1 aliphatic rings. The average Bonchev–Trinajstić information content (AvgIpc) is 2.48. The largest absolute Gasteiger partial charge is 0.383 e. The maximum Gasteiger partial charge on any atom is 0.246 e. The molecule has 0 spiro atoms. The van der Waals surface area contributed by atoms with Gasteiger partial charge in [0.15, 0.2) is 0 Å². The molecule has 4 heteroatoms. The highest BCUT2D eigenvalue weighted by molar-refractivity contribution is 6.64. The molecule has 0 radical (unpaired) electrons. The summed E-state index contributed by atoms with van der Waals surface area (Å²) in [5.41, 5.74) is 1.74. The van der Waals surface area contributed by atoms with Crippen molar-refractivity contribution in [2.75, 3.05) is 6.54 Å². The molecule has 0 saturated carbocycles. The molecule has 0 fully saturated rings. The van der Waals surface area contributed by atoms with Crippen LogP contribution in [0, 0.1) is 0 Å². The van der Waals surface area contributed by atoms with Crippen molar-refractivity contribution in [3.8, 4) is 0 Å². The summed E-state index contributed by atoms with van der Waals surface area (Å²) in [5, 5.41) is 3.22. The number of ketones is 2. The molecular weight excluding hydrogens is 274 g/mol. The summed E-state index contributed by atoms with van der Waals surface area (Å²) in [4.78, 5) is 23.7. The predicted octanol–water partition coefficient (Wildman–Crippen LogP) is 3.53. The van der Waals surface area contributed by atoms with Gasteiger partial charge in [0.2, 0.25) is 11.6 Å². The van der Waals surface area contributed by atoms with Crippen molar-refractivity contribution in [2.45, 2.75) is 32.6 Å². The molecular formula is C16H18ClNO2. The van der Waals surface area contributed by atoms with Crippen molar-refractivity contribution in [1.82, 2.24) is 5.32 Å². The number of nitrogens with one attached hydrogen (secondary N) is 1. The molecule has 0 atom stereocenters. The second-order valence-corrected chi connectivity index (χ2v) is 5.26. The third-order valence-electron chi connectivity index (χ3n) is 3.40. The van der Waals surface area contributed by atoms with Gasteiger partial charge in [-0.25, -0.2) is 0 Å². The van der Waals surface area contributed by atoms with Crippen LogP contribution >= 0.6 is 11.6 Å². The van der Waals surface area contributed by atoms with E-state index in [1.54, 1.807) is 12.1 Å². The number of benzene rings is 1. The van der Waals surface area contributed by atoms with E-state index in [9.17, 15) is 9.59 Å². The number of carbonyl (C=O) groups excluding carboxylic acids is 2. The molecule has 0 bridgehead atoms. The third kappa shape index (κ3) is 2.93. The van der Waals surface area contributed by atoms with Crippen molar-refractivity contribution < 1.29 is 9.59 Å². The summed E-state index contributed by atoms with van der Waals surface area (Å²) < 4.78 is 0. The Morgan fingerprint density at radius 3 is 2.40 bits per heavy atom. The Kier molecular flexibility index (Phi) is 4.96. The summed E-state index contributed by atoms with van der Waals surface area (Å²) in [6.07, 6.45) is 4.54. The number of allylic oxidation sites excluding steroid dienone is 1. The Labute approximate surface area is 124 Å². The minimum Gasteiger partial charge on any atom is -0.383 e. The topological polar surface area (TPSA) is 46.2 Å². The molecule has 0 aliphatic heterocycles. The highest BCUT2D eigenvalue weighted by atomic mass is 35.5. The molecule has 20 heavy (non-hydrogen) atoms. The summed E-state index contributed by atoms with van der Waals surface area (Å²) >= 11 is 6.04. The fourth-order valence-corrected chi connectivity index (χ4v) is 2.55. The standard InChI is InChI=1S/C16H18ClNO2/c1-2-3-4-7-10-18-14-11-8-5-6-9-12(11)15(19)16(20)13(14)17/h5-6,8-9,18H,2-4,7,10H2,1H3. The highest BCUT2D eigenvalue weighted by Crippen LogP contribution is 2.29. The summed E-state index contributed by atoms with van der Waals surface area (Å²) in [7, 11) is 0. The molecule has 0 heterocycles. The van der Waals surface area contributed by atoms with Gasteiger partial charge in [0.1, 0.15) is 5.03 Å². The van der Waals surface area contributed by atoms with E-state index in [1.165, 1.54) is 12.8 Å². The second-order valence-electron chi connectivity index (χ2n) is 4.88. The first kappa shape index (κ1) is 14.8. The molecule has 106 valence electrons. The van der Waals surface area contributed by atoms with Gasteiger partial charge in [0.25, 0.3) is 0 Å². The molecule has 3 nitrogen and oxygen atoms in total. The van der Waals surface area contributed by atoms with E-state index < -0.39 is 11.6 Å². The number of unbranched alkanes of at least 4 members (excludes halogenated alkanes) is 3. The number of halogens is 1. The van der Waals surface area contributed by atoms with Gasteiger partial charge < -0.3 is 5.32 Å². The number of carbonyl (C=O) groups is 2. The number of Topliss-reactive ketones (excluding diaryl/α,β-unsaturated/α-hetero) is 2. The summed E-state index contributed by atoms with van der Waals surface area (Å²) in [5.74, 6) is -1.15. The summed E-state index contributed by atoms with van der Waals surface area (Å²) in [6.45, 7) is 2.91. The van der Waals surface area contributed by atoms with Crippen LogP contribution in [0.2, 0.25) is 0 Å². The molecule has 1 aliphatic carbocycles. The van der Waals surface area contributed by atoms with Crippen LogP contribution in [0.25, 0.3) is 5.70 Å². The first-order chi connectivity index (χ1) is 9.66. The Hall–Kier alpha value is -1.61. The van der Waals surface area contributed by atoms with Gasteiger partial charge in [0, 0.05) is 17.7 Å². The molecule has 0 saturated heterocycles. The van der Waals surface area contributed by atoms with Crippen molar-refractivity contribution in [1.29, 1.82) is 0 Å². The minimum atomic E-state index is -0.624. The SMILES string of the molecule is CCCCCCNC1=C(Cl)C(=O)C(=O)c2ccccc21. The Morgan fingerprint density at radius 2 is 1.70 bits per heavy atom. The van der Waals surface area contributed by atoms with E-state index in [0.29, 0.717) is 11.3 Å². The van der Waals surface area contributed by atoms with Gasteiger partial charge in [0.05, 0.1) is 5.70 Å². The van der Waals surface area contributed by atoms with Crippen molar-refractivity contribution in [3.05, 3.63) is 40.4 Å². The van der Waals surface area contributed by atoms with Gasteiger partial charge in [-0.05, 0) is 6.42 Å². The molecule has 2 rings (SSSR count). The molecule has 0 amide bonds. The van der Waals surface area contributed by atoms with E-state index in [4.69, 9.17) is 11.6 Å². The molecule has 1 aromatic rings. The monoisotopic (exact) mass is 291 g/mol. The van der Waals surface area contributed by atoms with Gasteiger partial charge in [-0.1, -0.05) is 62.1 Å². The predicted molar refractivity (Wildman–Crippen MR) is 80.7 cm³/mol. The van der Waals surface area contributed by atoms with Crippen molar-refractivity contribution in [3.63, 3.8) is 0 Å². The first-order valence-electron chi connectivity index (χ1n) is 6.99. The number of hydrogen-bond donors (Lipinski definition) is 1. The Bertz CT molecular complexity index is 563. The van der Waals surface area contributed by atoms with Crippen LogP contribution in [0.5, 0.6) is 0 Å². The van der Waals surface area contributed by atoms with Gasteiger partial charge >= 0.3 is 0 Å². The fraction of sp³-hybridized carbons (Fsp3) is 0.375. The lowest BCUT2D eigenvalue weighted by atomic mass is 9.92. The molecule has 0 unspecified atom stereocenters. The number of fused-ring (bicyclic) bond motifs is 1. The van der Waals surface area contributed by atoms with Gasteiger partial charge in [-0.15, -0.1) is 0 Å². The van der Waals surface area contributed by atoms with E-state index >= 15 is 0 Å². The maximum atomic E-state index is 11.9. The highest BCUT2D eigenvalue weighted by Gasteiger charge is 2.31. The summed E-state index contributed by atoms with van der Waals surface area (Å²) in [6, 6.07) is 7.07. The zero-order chi connectivity index (χ0) is 14.5. The van der Waals surface area contributed by atoms with E-state index in [0.717, 1.165) is 24.9 Å². The van der Waals surface area contributed by atoms with Crippen molar-refractivity contribution >= 4 is 28.9 Å². The van der Waals surface area contributed by atoms with Crippen molar-refractivity contribution in [2.24, 2.45) is 0 Å². The quantitative estimate of drug-likeness (QED) is 0.644. The molecule has 1 aromatic carbocycles. The Morgan fingerprint density at radius 1 is 1.00 bits per heavy atom. The van der Waals surface area contributed by atoms with Crippen LogP contribution in [-0.2, 0) is 4.79 Å². The average molecular weight is 292 g/mol. The lowest BCUT2D eigenvalue weighted by molar-refractivity contribution is -0.111. The minimum absolute atomic E-state index is 0.00388. The fourth-order valence-electron chi connectivity index (χ4n) is 2.29. The van der Waals surface area contributed by atoms with E-state index in [-0.39, 0.29) is 5.03 Å². The third-order valence-corrected chi connectivity index (χ3v) is 3.76. The lowest BCUT2D eigenvalue weighted by Gasteiger charge is -2.19. The van der Waals surface area contributed by atoms with Gasteiger partial charge in [-0.2, -0.15) is 0 Å². The normalized spacial score (nSPS) is 14.5. The number of rotatable bonds is 6. The maximum absolute atomic E-state index is 11.9. The molecule has 1 N–H and O–H groups in total. The zero-order valence-electron chi connectivity index (χ0n) is 11.5. The van der Waals surface area contributed by atoms with E-state index in [1.807, 2.05) is 12.1 Å². The van der Waals surface area contributed by atoms with Crippen LogP contribution in [0.3, 0.4) is 0 Å². The van der Waals surface area contributed by atoms with Crippen LogP contribution in [0.1, 0.15) is 48.5 Å². The van der Waals surface area contributed by atoms with Crippen LogP contribution in [0.4, 0.5) is 0 Å². The number of hydrogen-bond acceptors (Lipinski definition) is 3.